The standard InChI is InChI=1S/C47H32N2O/c1-3-11-33(12-4-1)35-20-22-37(23-21-35)38-28-30-40(31-29-38)49(44-18-9-16-42-46-45(50-47(42)44)19-10-32-48-46)43-17-8-7-15-41(43)39-26-24-36(25-27-39)34-13-5-2-6-14-34/h1-32H. The molecule has 0 aliphatic carbocycles. The van der Waals surface area contributed by atoms with Gasteiger partial charge in [0.1, 0.15) is 5.52 Å². The molecule has 0 N–H and O–H groups in total. The van der Waals surface area contributed by atoms with E-state index in [-0.39, 0.29) is 0 Å². The third kappa shape index (κ3) is 5.41. The molecule has 3 nitrogen and oxygen atoms in total. The van der Waals surface area contributed by atoms with E-state index < -0.39 is 0 Å². The van der Waals surface area contributed by atoms with Crippen LogP contribution in [0.5, 0.6) is 0 Å². The van der Waals surface area contributed by atoms with Crippen LogP contribution in [0, 0.1) is 0 Å². The molecule has 7 aromatic carbocycles. The Kier molecular flexibility index (Phi) is 7.49. The molecule has 0 saturated carbocycles. The van der Waals surface area contributed by atoms with Gasteiger partial charge in [-0.25, -0.2) is 0 Å². The number of furan rings is 1. The van der Waals surface area contributed by atoms with E-state index in [4.69, 9.17) is 4.42 Å². The van der Waals surface area contributed by atoms with Gasteiger partial charge in [0, 0.05) is 22.8 Å². The molecule has 9 rings (SSSR count). The number of fused-ring (bicyclic) bond motifs is 3. The second-order valence-corrected chi connectivity index (χ2v) is 12.4. The topological polar surface area (TPSA) is 29.3 Å². The molecule has 3 heteroatoms. The Bertz CT molecular complexity index is 2550. The van der Waals surface area contributed by atoms with Crippen LogP contribution in [0.1, 0.15) is 0 Å². The van der Waals surface area contributed by atoms with Crippen LogP contribution in [0.25, 0.3) is 66.6 Å². The number of anilines is 3. The van der Waals surface area contributed by atoms with Gasteiger partial charge in [-0.1, -0.05) is 146 Å². The highest BCUT2D eigenvalue weighted by molar-refractivity contribution is 6.09. The molecule has 0 fully saturated rings. The molecule has 9 aromatic rings. The Morgan fingerprint density at radius 2 is 0.880 bits per heavy atom. The fourth-order valence-corrected chi connectivity index (χ4v) is 6.86. The number of hydrogen-bond acceptors (Lipinski definition) is 3. The van der Waals surface area contributed by atoms with Crippen LogP contribution in [-0.4, -0.2) is 4.98 Å². The molecule has 0 aliphatic rings. The number of nitrogens with zero attached hydrogens (tertiary/aromatic N) is 2. The van der Waals surface area contributed by atoms with Gasteiger partial charge < -0.3 is 9.32 Å². The van der Waals surface area contributed by atoms with Crippen LogP contribution in [0.15, 0.2) is 199 Å². The van der Waals surface area contributed by atoms with E-state index in [1.165, 1.54) is 27.8 Å². The second-order valence-electron chi connectivity index (χ2n) is 12.4. The Morgan fingerprint density at radius 1 is 0.380 bits per heavy atom. The summed E-state index contributed by atoms with van der Waals surface area (Å²) in [5.74, 6) is 0. The molecule has 50 heavy (non-hydrogen) atoms. The molecule has 0 atom stereocenters. The van der Waals surface area contributed by atoms with Gasteiger partial charge in [-0.15, -0.1) is 0 Å². The number of benzene rings is 7. The van der Waals surface area contributed by atoms with Crippen molar-refractivity contribution in [3.63, 3.8) is 0 Å². The largest absolute Gasteiger partial charge is 0.452 e. The zero-order valence-electron chi connectivity index (χ0n) is 27.3. The van der Waals surface area contributed by atoms with Crippen molar-refractivity contribution in [2.75, 3.05) is 4.90 Å². The zero-order valence-corrected chi connectivity index (χ0v) is 27.3. The van der Waals surface area contributed by atoms with E-state index in [1.54, 1.807) is 0 Å². The quantitative estimate of drug-likeness (QED) is 0.174. The molecular formula is C47H32N2O. The summed E-state index contributed by atoms with van der Waals surface area (Å²) in [4.78, 5) is 6.98. The first kappa shape index (κ1) is 29.4. The first-order valence-electron chi connectivity index (χ1n) is 16.9. The van der Waals surface area contributed by atoms with Crippen molar-refractivity contribution in [1.82, 2.24) is 4.98 Å². The number of pyridine rings is 1. The van der Waals surface area contributed by atoms with Gasteiger partial charge in [0.05, 0.1) is 11.4 Å². The fraction of sp³-hybridized carbons (Fsp3) is 0. The summed E-state index contributed by atoms with van der Waals surface area (Å²) in [6.07, 6.45) is 1.82. The first-order chi connectivity index (χ1) is 24.8. The summed E-state index contributed by atoms with van der Waals surface area (Å²) in [7, 11) is 0. The van der Waals surface area contributed by atoms with Crippen LogP contribution in [0.3, 0.4) is 0 Å². The smallest absolute Gasteiger partial charge is 0.161 e. The Balaban J connectivity index is 1.16. The lowest BCUT2D eigenvalue weighted by atomic mass is 9.98. The maximum Gasteiger partial charge on any atom is 0.161 e. The van der Waals surface area contributed by atoms with Gasteiger partial charge >= 0.3 is 0 Å². The Labute approximate surface area is 291 Å². The Morgan fingerprint density at radius 3 is 1.50 bits per heavy atom. The SMILES string of the molecule is c1ccc(-c2ccc(-c3ccc(N(c4ccccc4-c4ccc(-c5ccccc5)cc4)c4cccc5c4oc4cccnc45)cc3)cc2)cc1. The number of para-hydroxylation sites is 2. The predicted molar refractivity (Wildman–Crippen MR) is 208 cm³/mol. The molecular weight excluding hydrogens is 609 g/mol. The lowest BCUT2D eigenvalue weighted by Gasteiger charge is -2.28. The van der Waals surface area contributed by atoms with Gasteiger partial charge in [-0.05, 0) is 81.4 Å². The highest BCUT2D eigenvalue weighted by Gasteiger charge is 2.22. The maximum absolute atomic E-state index is 6.55. The molecule has 0 radical (unpaired) electrons. The summed E-state index contributed by atoms with van der Waals surface area (Å²) >= 11 is 0. The first-order valence-corrected chi connectivity index (χ1v) is 16.9. The van der Waals surface area contributed by atoms with Gasteiger partial charge in [0.15, 0.2) is 11.2 Å². The number of aromatic nitrogens is 1. The van der Waals surface area contributed by atoms with E-state index >= 15 is 0 Å². The molecule has 0 unspecified atom stereocenters. The van der Waals surface area contributed by atoms with Crippen molar-refractivity contribution in [2.24, 2.45) is 0 Å². The summed E-state index contributed by atoms with van der Waals surface area (Å²) in [5, 5.41) is 0.989. The van der Waals surface area contributed by atoms with E-state index in [9.17, 15) is 0 Å². The average Bonchev–Trinajstić information content (AvgIpc) is 3.59. The summed E-state index contributed by atoms with van der Waals surface area (Å²) < 4.78 is 6.55. The third-order valence-corrected chi connectivity index (χ3v) is 9.37. The van der Waals surface area contributed by atoms with Crippen LogP contribution in [0.4, 0.5) is 17.1 Å². The minimum atomic E-state index is 0.772. The summed E-state index contributed by atoms with van der Waals surface area (Å²) in [6, 6.07) is 66.3. The van der Waals surface area contributed by atoms with Crippen molar-refractivity contribution < 1.29 is 4.42 Å². The predicted octanol–water partition coefficient (Wildman–Crippen LogP) is 13.1. The van der Waals surface area contributed by atoms with Crippen LogP contribution in [-0.2, 0) is 0 Å². The van der Waals surface area contributed by atoms with Crippen molar-refractivity contribution in [3.05, 3.63) is 194 Å². The van der Waals surface area contributed by atoms with E-state index in [2.05, 4.69) is 180 Å². The Hall–Kier alpha value is -6.71. The van der Waals surface area contributed by atoms with E-state index in [0.717, 1.165) is 55.8 Å². The monoisotopic (exact) mass is 640 g/mol. The molecule has 0 spiro atoms. The van der Waals surface area contributed by atoms with Crippen molar-refractivity contribution in [2.45, 2.75) is 0 Å². The van der Waals surface area contributed by atoms with Crippen molar-refractivity contribution in [1.29, 1.82) is 0 Å². The fourth-order valence-electron chi connectivity index (χ4n) is 6.86. The molecule has 236 valence electrons. The zero-order chi connectivity index (χ0) is 33.3. The second kappa shape index (κ2) is 12.7. The maximum atomic E-state index is 6.55. The summed E-state index contributed by atoms with van der Waals surface area (Å²) in [6.45, 7) is 0. The molecule has 0 aliphatic heterocycles. The normalized spacial score (nSPS) is 11.2. The van der Waals surface area contributed by atoms with Crippen LogP contribution in [0.2, 0.25) is 0 Å². The van der Waals surface area contributed by atoms with Crippen molar-refractivity contribution >= 4 is 39.1 Å². The molecule has 2 aromatic heterocycles. The minimum Gasteiger partial charge on any atom is -0.452 e. The minimum absolute atomic E-state index is 0.772. The highest BCUT2D eigenvalue weighted by atomic mass is 16.3. The van der Waals surface area contributed by atoms with Crippen molar-refractivity contribution in [3.8, 4) is 44.5 Å². The lowest BCUT2D eigenvalue weighted by molar-refractivity contribution is 0.668. The lowest BCUT2D eigenvalue weighted by Crippen LogP contribution is -2.11. The van der Waals surface area contributed by atoms with E-state index in [1.807, 2.05) is 24.4 Å². The molecule has 0 bridgehead atoms. The molecule has 2 heterocycles. The number of hydrogen-bond donors (Lipinski definition) is 0. The van der Waals surface area contributed by atoms with Crippen LogP contribution >= 0.6 is 0 Å². The van der Waals surface area contributed by atoms with Gasteiger partial charge in [0.25, 0.3) is 0 Å². The van der Waals surface area contributed by atoms with Gasteiger partial charge in [-0.3, -0.25) is 4.98 Å². The molecule has 0 amide bonds. The van der Waals surface area contributed by atoms with E-state index in [0.29, 0.717) is 0 Å². The summed E-state index contributed by atoms with van der Waals surface area (Å²) in [5.41, 5.74) is 14.9. The van der Waals surface area contributed by atoms with Gasteiger partial charge in [-0.2, -0.15) is 0 Å². The van der Waals surface area contributed by atoms with Crippen LogP contribution < -0.4 is 4.90 Å². The highest BCUT2D eigenvalue weighted by Crippen LogP contribution is 2.45. The third-order valence-electron chi connectivity index (χ3n) is 9.37. The van der Waals surface area contributed by atoms with Gasteiger partial charge in [0.2, 0.25) is 0 Å². The average molecular weight is 641 g/mol. The number of rotatable bonds is 7. The molecule has 0 saturated heterocycles.